The van der Waals surface area contributed by atoms with E-state index in [1.54, 1.807) is 7.05 Å². The van der Waals surface area contributed by atoms with Gasteiger partial charge in [0.2, 0.25) is 0 Å². The molecule has 0 N–H and O–H groups in total. The van der Waals surface area contributed by atoms with Gasteiger partial charge in [0, 0.05) is 23.8 Å². The van der Waals surface area contributed by atoms with Crippen molar-refractivity contribution in [3.05, 3.63) is 29.6 Å². The van der Waals surface area contributed by atoms with Gasteiger partial charge in [0.15, 0.2) is 0 Å². The van der Waals surface area contributed by atoms with E-state index in [0.717, 1.165) is 24.6 Å². The van der Waals surface area contributed by atoms with E-state index >= 15 is 0 Å². The van der Waals surface area contributed by atoms with Crippen LogP contribution in [0.1, 0.15) is 30.6 Å². The van der Waals surface area contributed by atoms with Gasteiger partial charge >= 0.3 is 0 Å². The highest BCUT2D eigenvalue weighted by Gasteiger charge is 2.21. The van der Waals surface area contributed by atoms with Crippen molar-refractivity contribution in [1.82, 2.24) is 4.90 Å². The number of hydrogen-bond acceptors (Lipinski definition) is 3. The first-order chi connectivity index (χ1) is 8.68. The average molecular weight is 308 g/mol. The van der Waals surface area contributed by atoms with Crippen molar-refractivity contribution in [2.24, 2.45) is 0 Å². The van der Waals surface area contributed by atoms with Crippen LogP contribution in [0.15, 0.2) is 23.1 Å². The van der Waals surface area contributed by atoms with Gasteiger partial charge in [-0.25, -0.2) is 12.8 Å². The minimum atomic E-state index is -4.00. The Balaban J connectivity index is 3.14. The van der Waals surface area contributed by atoms with Gasteiger partial charge in [0.05, 0.1) is 10.5 Å². The number of carbonyl (C=O) groups excluding carboxylic acids is 1. The number of nitrogens with zero attached hydrogens (tertiary/aromatic N) is 1. The largest absolute Gasteiger partial charge is 0.339 e. The summed E-state index contributed by atoms with van der Waals surface area (Å²) in [4.78, 5) is 13.1. The molecule has 0 aliphatic carbocycles. The highest BCUT2D eigenvalue weighted by atomic mass is 35.7. The van der Waals surface area contributed by atoms with E-state index in [4.69, 9.17) is 10.7 Å². The van der Waals surface area contributed by atoms with Crippen molar-refractivity contribution in [3.63, 3.8) is 0 Å². The molecule has 0 heterocycles. The third-order valence-corrected chi connectivity index (χ3v) is 4.38. The minimum Gasteiger partial charge on any atom is -0.339 e. The molecule has 1 amide bonds. The molecule has 0 bridgehead atoms. The molecule has 1 rings (SSSR count). The van der Waals surface area contributed by atoms with Crippen molar-refractivity contribution >= 4 is 25.6 Å². The molecule has 0 saturated heterocycles. The fraction of sp³-hybridized carbons (Fsp3) is 0.417. The summed E-state index contributed by atoms with van der Waals surface area (Å²) < 4.78 is 35.9. The second kappa shape index (κ2) is 5.88. The van der Waals surface area contributed by atoms with Crippen molar-refractivity contribution in [2.75, 3.05) is 7.05 Å². The maximum absolute atomic E-state index is 13.8. The van der Waals surface area contributed by atoms with Crippen LogP contribution in [-0.4, -0.2) is 32.3 Å². The highest BCUT2D eigenvalue weighted by Crippen LogP contribution is 2.20. The van der Waals surface area contributed by atoms with Crippen molar-refractivity contribution in [3.8, 4) is 0 Å². The lowest BCUT2D eigenvalue weighted by atomic mass is 10.1. The highest BCUT2D eigenvalue weighted by molar-refractivity contribution is 8.13. The van der Waals surface area contributed by atoms with E-state index in [9.17, 15) is 17.6 Å². The summed E-state index contributed by atoms with van der Waals surface area (Å²) in [5.41, 5.74) is -0.174. The van der Waals surface area contributed by atoms with Crippen molar-refractivity contribution < 1.29 is 17.6 Å². The first-order valence-electron chi connectivity index (χ1n) is 5.69. The van der Waals surface area contributed by atoms with Crippen LogP contribution in [0.5, 0.6) is 0 Å². The van der Waals surface area contributed by atoms with Crippen LogP contribution in [0.3, 0.4) is 0 Å². The molecule has 4 nitrogen and oxygen atoms in total. The number of rotatable bonds is 4. The maximum atomic E-state index is 13.8. The average Bonchev–Trinajstić information content (AvgIpc) is 2.34. The van der Waals surface area contributed by atoms with E-state index in [1.807, 2.05) is 13.8 Å². The summed E-state index contributed by atoms with van der Waals surface area (Å²) >= 11 is 0. The molecule has 0 radical (unpaired) electrons. The van der Waals surface area contributed by atoms with Gasteiger partial charge in [-0.05, 0) is 31.5 Å². The Morgan fingerprint density at radius 3 is 2.47 bits per heavy atom. The quantitative estimate of drug-likeness (QED) is 0.804. The van der Waals surface area contributed by atoms with Crippen LogP contribution >= 0.6 is 10.7 Å². The van der Waals surface area contributed by atoms with Gasteiger partial charge in [-0.3, -0.25) is 4.79 Å². The third-order valence-electron chi connectivity index (χ3n) is 3.02. The molecule has 19 heavy (non-hydrogen) atoms. The standard InChI is InChI=1S/C12H15ClFNO3S/c1-4-8(2)15(3)12(16)10-6-5-9(7-11(10)14)19(13,17)18/h5-8H,4H2,1-3H3. The molecule has 1 aromatic carbocycles. The number of hydrogen-bond donors (Lipinski definition) is 0. The summed E-state index contributed by atoms with van der Waals surface area (Å²) in [6.45, 7) is 3.75. The fourth-order valence-corrected chi connectivity index (χ4v) is 2.25. The van der Waals surface area contributed by atoms with Crippen LogP contribution < -0.4 is 0 Å². The number of carbonyl (C=O) groups is 1. The summed E-state index contributed by atoms with van der Waals surface area (Å²) in [7, 11) is 2.68. The molecule has 106 valence electrons. The molecule has 0 aliphatic rings. The van der Waals surface area contributed by atoms with Crippen LogP contribution in [0, 0.1) is 5.82 Å². The second-order valence-corrected chi connectivity index (χ2v) is 6.82. The Morgan fingerprint density at radius 1 is 1.47 bits per heavy atom. The monoisotopic (exact) mass is 307 g/mol. The first kappa shape index (κ1) is 15.9. The fourth-order valence-electron chi connectivity index (χ4n) is 1.48. The Morgan fingerprint density at radius 2 is 2.05 bits per heavy atom. The minimum absolute atomic E-state index is 0.0386. The SMILES string of the molecule is CCC(C)N(C)C(=O)c1ccc(S(=O)(=O)Cl)cc1F. The molecule has 0 aromatic heterocycles. The van der Waals surface area contributed by atoms with Crippen LogP contribution in [0.2, 0.25) is 0 Å². The summed E-state index contributed by atoms with van der Waals surface area (Å²) in [5.74, 6) is -1.40. The molecule has 1 atom stereocenters. The molecule has 0 aliphatic heterocycles. The lowest BCUT2D eigenvalue weighted by Gasteiger charge is -2.24. The van der Waals surface area contributed by atoms with Crippen LogP contribution in [0.25, 0.3) is 0 Å². The topological polar surface area (TPSA) is 54.5 Å². The Labute approximate surface area is 116 Å². The lowest BCUT2D eigenvalue weighted by molar-refractivity contribution is 0.0735. The normalized spacial score (nSPS) is 13.1. The van der Waals surface area contributed by atoms with Gasteiger partial charge in [-0.1, -0.05) is 6.92 Å². The molecule has 0 spiro atoms. The third kappa shape index (κ3) is 3.67. The van der Waals surface area contributed by atoms with E-state index in [-0.39, 0.29) is 16.5 Å². The van der Waals surface area contributed by atoms with Gasteiger partial charge in [0.1, 0.15) is 5.82 Å². The first-order valence-corrected chi connectivity index (χ1v) is 8.00. The molecular formula is C12H15ClFNO3S. The van der Waals surface area contributed by atoms with Gasteiger partial charge in [-0.15, -0.1) is 0 Å². The van der Waals surface area contributed by atoms with E-state index in [0.29, 0.717) is 0 Å². The molecule has 1 unspecified atom stereocenters. The zero-order valence-corrected chi connectivity index (χ0v) is 12.4. The molecule has 7 heteroatoms. The van der Waals surface area contributed by atoms with Gasteiger partial charge < -0.3 is 4.90 Å². The summed E-state index contributed by atoms with van der Waals surface area (Å²) in [6.07, 6.45) is 0.734. The Bertz CT molecular complexity index is 589. The summed E-state index contributed by atoms with van der Waals surface area (Å²) in [6, 6.07) is 2.96. The zero-order chi connectivity index (χ0) is 14.8. The van der Waals surface area contributed by atoms with E-state index in [2.05, 4.69) is 0 Å². The summed E-state index contributed by atoms with van der Waals surface area (Å²) in [5, 5.41) is 0. The van der Waals surface area contributed by atoms with Gasteiger partial charge in [0.25, 0.3) is 15.0 Å². The molecule has 0 saturated carbocycles. The number of benzene rings is 1. The number of amides is 1. The van der Waals surface area contributed by atoms with Crippen molar-refractivity contribution in [1.29, 1.82) is 0 Å². The molecular weight excluding hydrogens is 293 g/mol. The lowest BCUT2D eigenvalue weighted by Crippen LogP contribution is -2.35. The van der Waals surface area contributed by atoms with Crippen LogP contribution in [0.4, 0.5) is 4.39 Å². The van der Waals surface area contributed by atoms with Crippen LogP contribution in [-0.2, 0) is 9.05 Å². The Hall–Kier alpha value is -1.14. The van der Waals surface area contributed by atoms with E-state index < -0.39 is 20.8 Å². The number of halogens is 2. The zero-order valence-electron chi connectivity index (χ0n) is 10.9. The Kier molecular flexibility index (Phi) is 4.92. The predicted octanol–water partition coefficient (Wildman–Crippen LogP) is 2.62. The second-order valence-electron chi connectivity index (χ2n) is 4.25. The van der Waals surface area contributed by atoms with Crippen molar-refractivity contribution in [2.45, 2.75) is 31.2 Å². The van der Waals surface area contributed by atoms with E-state index in [1.165, 1.54) is 4.90 Å². The molecule has 0 fully saturated rings. The predicted molar refractivity (Wildman–Crippen MR) is 71.3 cm³/mol. The van der Waals surface area contributed by atoms with Gasteiger partial charge in [-0.2, -0.15) is 0 Å². The maximum Gasteiger partial charge on any atom is 0.261 e. The molecule has 1 aromatic rings. The smallest absolute Gasteiger partial charge is 0.261 e.